The van der Waals surface area contributed by atoms with E-state index in [2.05, 4.69) is 0 Å². The third-order valence-electron chi connectivity index (χ3n) is 3.99. The van der Waals surface area contributed by atoms with Crippen molar-refractivity contribution in [2.24, 2.45) is 5.92 Å². The number of carbonyl (C=O) groups excluding carboxylic acids is 1. The summed E-state index contributed by atoms with van der Waals surface area (Å²) in [6.07, 6.45) is 6.33. The minimum atomic E-state index is -0.0771. The molecule has 1 aromatic carbocycles. The van der Waals surface area contributed by atoms with Crippen molar-refractivity contribution in [1.29, 1.82) is 0 Å². The van der Waals surface area contributed by atoms with E-state index in [4.69, 9.17) is 0 Å². The van der Waals surface area contributed by atoms with E-state index >= 15 is 0 Å². The molecule has 2 rings (SSSR count). The van der Waals surface area contributed by atoms with Crippen molar-refractivity contribution in [3.8, 4) is 5.75 Å². The number of phenols is 1. The van der Waals surface area contributed by atoms with Crippen molar-refractivity contribution in [2.75, 3.05) is 13.6 Å². The van der Waals surface area contributed by atoms with Crippen LogP contribution in [0.15, 0.2) is 18.2 Å². The van der Waals surface area contributed by atoms with Crippen molar-refractivity contribution < 1.29 is 9.90 Å². The number of hydrogen-bond acceptors (Lipinski definition) is 2. The first-order chi connectivity index (χ1) is 9.08. The SMILES string of the molecule is Cc1ccc(O)c(C(=O)N(C)CC2CCCCC2)c1. The van der Waals surface area contributed by atoms with Crippen LogP contribution in [-0.4, -0.2) is 29.5 Å². The monoisotopic (exact) mass is 261 g/mol. The van der Waals surface area contributed by atoms with Crippen LogP contribution in [0.2, 0.25) is 0 Å². The molecule has 1 aliphatic carbocycles. The van der Waals surface area contributed by atoms with E-state index in [0.717, 1.165) is 12.1 Å². The van der Waals surface area contributed by atoms with Gasteiger partial charge in [-0.05, 0) is 37.8 Å². The molecule has 3 nitrogen and oxygen atoms in total. The van der Waals surface area contributed by atoms with Crippen molar-refractivity contribution >= 4 is 5.91 Å². The van der Waals surface area contributed by atoms with Gasteiger partial charge in [-0.15, -0.1) is 0 Å². The summed E-state index contributed by atoms with van der Waals surface area (Å²) in [6.45, 7) is 2.73. The van der Waals surface area contributed by atoms with Gasteiger partial charge >= 0.3 is 0 Å². The summed E-state index contributed by atoms with van der Waals surface area (Å²) >= 11 is 0. The number of phenolic OH excluding ortho intramolecular Hbond substituents is 1. The smallest absolute Gasteiger partial charge is 0.257 e. The molecule has 0 heterocycles. The molecule has 1 fully saturated rings. The Labute approximate surface area is 115 Å². The average molecular weight is 261 g/mol. The molecule has 0 unspecified atom stereocenters. The van der Waals surface area contributed by atoms with Crippen molar-refractivity contribution in [3.63, 3.8) is 0 Å². The number of hydrogen-bond donors (Lipinski definition) is 1. The number of nitrogens with zero attached hydrogens (tertiary/aromatic N) is 1. The molecule has 1 saturated carbocycles. The van der Waals surface area contributed by atoms with Crippen LogP contribution in [-0.2, 0) is 0 Å². The van der Waals surface area contributed by atoms with E-state index in [-0.39, 0.29) is 11.7 Å². The van der Waals surface area contributed by atoms with Crippen LogP contribution in [0.1, 0.15) is 48.0 Å². The van der Waals surface area contributed by atoms with Gasteiger partial charge < -0.3 is 10.0 Å². The molecule has 1 aromatic rings. The first-order valence-corrected chi connectivity index (χ1v) is 7.13. The van der Waals surface area contributed by atoms with Gasteiger partial charge in [0.05, 0.1) is 5.56 Å². The lowest BCUT2D eigenvalue weighted by Gasteiger charge is -2.27. The van der Waals surface area contributed by atoms with Gasteiger partial charge in [0, 0.05) is 13.6 Å². The highest BCUT2D eigenvalue weighted by atomic mass is 16.3. The molecule has 3 heteroatoms. The summed E-state index contributed by atoms with van der Waals surface area (Å²) in [5.74, 6) is 0.618. The summed E-state index contributed by atoms with van der Waals surface area (Å²) in [7, 11) is 1.83. The molecular weight excluding hydrogens is 238 g/mol. The van der Waals surface area contributed by atoms with Gasteiger partial charge in [-0.3, -0.25) is 4.79 Å². The zero-order valence-electron chi connectivity index (χ0n) is 11.9. The molecule has 1 aliphatic rings. The first kappa shape index (κ1) is 13.9. The number of aromatic hydroxyl groups is 1. The van der Waals surface area contributed by atoms with E-state index in [1.807, 2.05) is 20.0 Å². The van der Waals surface area contributed by atoms with Crippen LogP contribution >= 0.6 is 0 Å². The fourth-order valence-corrected chi connectivity index (χ4v) is 2.87. The molecule has 104 valence electrons. The zero-order valence-corrected chi connectivity index (χ0v) is 11.9. The molecular formula is C16H23NO2. The van der Waals surface area contributed by atoms with E-state index in [0.29, 0.717) is 11.5 Å². The Hall–Kier alpha value is -1.51. The fourth-order valence-electron chi connectivity index (χ4n) is 2.87. The van der Waals surface area contributed by atoms with E-state index < -0.39 is 0 Å². The molecule has 0 saturated heterocycles. The lowest BCUT2D eigenvalue weighted by atomic mass is 9.89. The Balaban J connectivity index is 2.03. The number of aryl methyl sites for hydroxylation is 1. The van der Waals surface area contributed by atoms with Gasteiger partial charge in [-0.25, -0.2) is 0 Å². The highest BCUT2D eigenvalue weighted by Crippen LogP contribution is 2.25. The van der Waals surface area contributed by atoms with Gasteiger partial charge in [-0.1, -0.05) is 30.9 Å². The Morgan fingerprint density at radius 2 is 2.00 bits per heavy atom. The van der Waals surface area contributed by atoms with E-state index in [1.54, 1.807) is 17.0 Å². The predicted octanol–water partition coefficient (Wildman–Crippen LogP) is 3.35. The Kier molecular flexibility index (Phi) is 4.46. The maximum atomic E-state index is 12.4. The average Bonchev–Trinajstić information content (AvgIpc) is 2.42. The highest BCUT2D eigenvalue weighted by Gasteiger charge is 2.20. The first-order valence-electron chi connectivity index (χ1n) is 7.13. The molecule has 0 aliphatic heterocycles. The van der Waals surface area contributed by atoms with Gasteiger partial charge in [0.25, 0.3) is 5.91 Å². The largest absolute Gasteiger partial charge is 0.507 e. The normalized spacial score (nSPS) is 16.3. The number of rotatable bonds is 3. The van der Waals surface area contributed by atoms with Gasteiger partial charge in [-0.2, -0.15) is 0 Å². The third-order valence-corrected chi connectivity index (χ3v) is 3.99. The van der Waals surface area contributed by atoms with Crippen molar-refractivity contribution in [2.45, 2.75) is 39.0 Å². The van der Waals surface area contributed by atoms with Crippen LogP contribution in [0.5, 0.6) is 5.75 Å². The molecule has 0 radical (unpaired) electrons. The summed E-state index contributed by atoms with van der Waals surface area (Å²) in [5.41, 5.74) is 1.41. The number of amides is 1. The lowest BCUT2D eigenvalue weighted by Crippen LogP contribution is -2.32. The topological polar surface area (TPSA) is 40.5 Å². The van der Waals surface area contributed by atoms with Crippen LogP contribution in [0.3, 0.4) is 0 Å². The minimum Gasteiger partial charge on any atom is -0.507 e. The predicted molar refractivity (Wildman–Crippen MR) is 76.4 cm³/mol. The summed E-state index contributed by atoms with van der Waals surface area (Å²) in [5, 5.41) is 9.81. The van der Waals surface area contributed by atoms with Gasteiger partial charge in [0.15, 0.2) is 0 Å². The third kappa shape index (κ3) is 3.49. The highest BCUT2D eigenvalue weighted by molar-refractivity contribution is 5.96. The maximum Gasteiger partial charge on any atom is 0.257 e. The second-order valence-electron chi connectivity index (χ2n) is 5.71. The van der Waals surface area contributed by atoms with Crippen LogP contribution in [0.4, 0.5) is 0 Å². The van der Waals surface area contributed by atoms with Crippen LogP contribution in [0, 0.1) is 12.8 Å². The minimum absolute atomic E-state index is 0.0751. The van der Waals surface area contributed by atoms with Crippen molar-refractivity contribution in [3.05, 3.63) is 29.3 Å². The van der Waals surface area contributed by atoms with Crippen molar-refractivity contribution in [1.82, 2.24) is 4.90 Å². The summed E-state index contributed by atoms with van der Waals surface area (Å²) < 4.78 is 0. The number of benzene rings is 1. The zero-order chi connectivity index (χ0) is 13.8. The summed E-state index contributed by atoms with van der Waals surface area (Å²) in [6, 6.07) is 5.17. The standard InChI is InChI=1S/C16H23NO2/c1-12-8-9-15(18)14(10-12)16(19)17(2)11-13-6-4-3-5-7-13/h8-10,13,18H,3-7,11H2,1-2H3. The van der Waals surface area contributed by atoms with E-state index in [9.17, 15) is 9.90 Å². The van der Waals surface area contributed by atoms with Gasteiger partial charge in [0.1, 0.15) is 5.75 Å². The number of carbonyl (C=O) groups is 1. The molecule has 0 bridgehead atoms. The second kappa shape index (κ2) is 6.09. The Morgan fingerprint density at radius 1 is 1.32 bits per heavy atom. The fraction of sp³-hybridized carbons (Fsp3) is 0.562. The Morgan fingerprint density at radius 3 is 2.68 bits per heavy atom. The molecule has 1 amide bonds. The van der Waals surface area contributed by atoms with E-state index in [1.165, 1.54) is 32.1 Å². The lowest BCUT2D eigenvalue weighted by molar-refractivity contribution is 0.0757. The quantitative estimate of drug-likeness (QED) is 0.906. The molecule has 0 atom stereocenters. The van der Waals surface area contributed by atoms with Crippen LogP contribution in [0.25, 0.3) is 0 Å². The molecule has 0 aromatic heterocycles. The van der Waals surface area contributed by atoms with Gasteiger partial charge in [0.2, 0.25) is 0 Å². The Bertz CT molecular complexity index is 450. The second-order valence-corrected chi connectivity index (χ2v) is 5.71. The summed E-state index contributed by atoms with van der Waals surface area (Å²) in [4.78, 5) is 14.1. The molecule has 0 spiro atoms. The van der Waals surface area contributed by atoms with Crippen LogP contribution < -0.4 is 0 Å². The maximum absolute atomic E-state index is 12.4. The molecule has 1 N–H and O–H groups in total. The molecule has 19 heavy (non-hydrogen) atoms.